The number of hydrogen-bond donors (Lipinski definition) is 0. The van der Waals surface area contributed by atoms with E-state index in [9.17, 15) is 4.79 Å². The molecule has 0 saturated carbocycles. The Hall–Kier alpha value is -1.84. The molecule has 2 rings (SSSR count). The number of aryl methyl sites for hydroxylation is 1. The van der Waals surface area contributed by atoms with Crippen molar-refractivity contribution in [1.82, 2.24) is 9.88 Å². The van der Waals surface area contributed by atoms with E-state index in [1.807, 2.05) is 4.90 Å². The molecule has 112 valence electrons. The van der Waals surface area contributed by atoms with Gasteiger partial charge in [-0.25, -0.2) is 4.98 Å². The molecule has 1 aromatic heterocycles. The number of nitrogens with zero attached hydrogens (tertiary/aromatic N) is 4. The Morgan fingerprint density at radius 2 is 2.14 bits per heavy atom. The van der Waals surface area contributed by atoms with Crippen LogP contribution in [0.5, 0.6) is 0 Å². The first-order valence-electron chi connectivity index (χ1n) is 6.66. The summed E-state index contributed by atoms with van der Waals surface area (Å²) in [6, 6.07) is 3.73. The first-order chi connectivity index (χ1) is 10.0. The van der Waals surface area contributed by atoms with Gasteiger partial charge >= 0.3 is 5.97 Å². The molecule has 0 radical (unpaired) electrons. The monoisotopic (exact) mass is 308 g/mol. The summed E-state index contributed by atoms with van der Waals surface area (Å²) in [5, 5.41) is 9.46. The molecule has 1 aromatic rings. The highest BCUT2D eigenvalue weighted by molar-refractivity contribution is 6.33. The lowest BCUT2D eigenvalue weighted by Crippen LogP contribution is -2.48. The largest absolute Gasteiger partial charge is 0.468 e. The molecule has 0 aliphatic carbocycles. The second kappa shape index (κ2) is 6.74. The van der Waals surface area contributed by atoms with Gasteiger partial charge in [-0.1, -0.05) is 11.6 Å². The maximum Gasteiger partial charge on any atom is 0.319 e. The second-order valence-corrected chi connectivity index (χ2v) is 5.29. The number of hydrogen-bond acceptors (Lipinski definition) is 6. The average Bonchev–Trinajstić information content (AvgIpc) is 2.50. The van der Waals surface area contributed by atoms with Crippen molar-refractivity contribution in [3.63, 3.8) is 0 Å². The van der Waals surface area contributed by atoms with Crippen LogP contribution in [-0.2, 0) is 9.53 Å². The number of piperazine rings is 1. The van der Waals surface area contributed by atoms with E-state index in [2.05, 4.69) is 20.7 Å². The van der Waals surface area contributed by atoms with Crippen molar-refractivity contribution in [3.8, 4) is 6.07 Å². The third kappa shape index (κ3) is 3.63. The zero-order valence-corrected chi connectivity index (χ0v) is 12.9. The summed E-state index contributed by atoms with van der Waals surface area (Å²) in [5.74, 6) is 0.472. The predicted octanol–water partition coefficient (Wildman–Crippen LogP) is 1.21. The van der Waals surface area contributed by atoms with E-state index in [0.29, 0.717) is 28.6 Å². The van der Waals surface area contributed by atoms with E-state index < -0.39 is 0 Å². The fourth-order valence-electron chi connectivity index (χ4n) is 2.27. The second-order valence-electron chi connectivity index (χ2n) is 4.88. The number of anilines is 1. The zero-order chi connectivity index (χ0) is 15.4. The molecular formula is C14H17ClN4O2. The lowest BCUT2D eigenvalue weighted by molar-refractivity contribution is -0.142. The van der Waals surface area contributed by atoms with Crippen LogP contribution in [0.3, 0.4) is 0 Å². The number of pyridine rings is 1. The Bertz CT molecular complexity index is 577. The minimum Gasteiger partial charge on any atom is -0.468 e. The van der Waals surface area contributed by atoms with Gasteiger partial charge in [-0.2, -0.15) is 5.26 Å². The van der Waals surface area contributed by atoms with Crippen molar-refractivity contribution in [2.45, 2.75) is 6.92 Å². The maximum absolute atomic E-state index is 11.3. The summed E-state index contributed by atoms with van der Waals surface area (Å²) >= 11 is 6.21. The van der Waals surface area contributed by atoms with Crippen LogP contribution < -0.4 is 4.90 Å². The molecule has 6 nitrogen and oxygen atoms in total. The molecule has 1 aliphatic rings. The van der Waals surface area contributed by atoms with Crippen LogP contribution in [0, 0.1) is 18.3 Å². The van der Waals surface area contributed by atoms with Crippen molar-refractivity contribution in [1.29, 1.82) is 5.26 Å². The Morgan fingerprint density at radius 3 is 2.71 bits per heavy atom. The number of halogens is 1. The summed E-state index contributed by atoms with van der Waals surface area (Å²) in [6.45, 7) is 5.05. The number of esters is 1. The highest BCUT2D eigenvalue weighted by atomic mass is 35.5. The van der Waals surface area contributed by atoms with E-state index in [4.69, 9.17) is 16.9 Å². The van der Waals surface area contributed by atoms with E-state index in [1.165, 1.54) is 7.11 Å². The average molecular weight is 309 g/mol. The quantitative estimate of drug-likeness (QED) is 0.782. The molecule has 1 fully saturated rings. The molecule has 0 spiro atoms. The Morgan fingerprint density at radius 1 is 1.48 bits per heavy atom. The van der Waals surface area contributed by atoms with Crippen LogP contribution in [0.15, 0.2) is 6.07 Å². The van der Waals surface area contributed by atoms with Crippen molar-refractivity contribution < 1.29 is 9.53 Å². The molecule has 21 heavy (non-hydrogen) atoms. The summed E-state index contributed by atoms with van der Waals surface area (Å²) in [6.07, 6.45) is 0. The summed E-state index contributed by atoms with van der Waals surface area (Å²) in [5.41, 5.74) is 1.17. The lowest BCUT2D eigenvalue weighted by atomic mass is 10.2. The normalized spacial score (nSPS) is 15.6. The van der Waals surface area contributed by atoms with Crippen LogP contribution in [0.2, 0.25) is 5.02 Å². The molecule has 0 amide bonds. The lowest BCUT2D eigenvalue weighted by Gasteiger charge is -2.35. The molecule has 0 N–H and O–H groups in total. The molecule has 1 aliphatic heterocycles. The first-order valence-corrected chi connectivity index (χ1v) is 7.04. The Kier molecular flexibility index (Phi) is 4.99. The van der Waals surface area contributed by atoms with Gasteiger partial charge in [-0.3, -0.25) is 9.69 Å². The molecule has 0 unspecified atom stereocenters. The SMILES string of the molecule is COC(=O)CN1CCN(c2nc(C)c(C#N)cc2Cl)CC1. The number of rotatable bonds is 3. The summed E-state index contributed by atoms with van der Waals surface area (Å²) in [7, 11) is 1.39. The minimum absolute atomic E-state index is 0.228. The van der Waals surface area contributed by atoms with Crippen molar-refractivity contribution in [2.75, 3.05) is 44.7 Å². The van der Waals surface area contributed by atoms with Crippen LogP contribution in [0.1, 0.15) is 11.3 Å². The topological polar surface area (TPSA) is 69.5 Å². The fourth-order valence-corrected chi connectivity index (χ4v) is 2.54. The van der Waals surface area contributed by atoms with Crippen molar-refractivity contribution in [3.05, 3.63) is 22.3 Å². The number of nitriles is 1. The van der Waals surface area contributed by atoms with Gasteiger partial charge in [0.1, 0.15) is 11.9 Å². The summed E-state index contributed by atoms with van der Waals surface area (Å²) < 4.78 is 4.67. The van der Waals surface area contributed by atoms with Gasteiger partial charge in [-0.05, 0) is 13.0 Å². The molecule has 0 bridgehead atoms. The van der Waals surface area contributed by atoms with Gasteiger partial charge in [0.2, 0.25) is 0 Å². The Balaban J connectivity index is 2.04. The van der Waals surface area contributed by atoms with Gasteiger partial charge in [0.25, 0.3) is 0 Å². The van der Waals surface area contributed by atoms with Gasteiger partial charge in [0.05, 0.1) is 29.9 Å². The molecule has 7 heteroatoms. The maximum atomic E-state index is 11.3. The fraction of sp³-hybridized carbons (Fsp3) is 0.500. The van der Waals surface area contributed by atoms with E-state index >= 15 is 0 Å². The van der Waals surface area contributed by atoms with Gasteiger partial charge in [0, 0.05) is 26.2 Å². The number of carbonyl (C=O) groups is 1. The zero-order valence-electron chi connectivity index (χ0n) is 12.1. The number of aromatic nitrogens is 1. The standard InChI is InChI=1S/C14H17ClN4O2/c1-10-11(8-16)7-12(15)14(17-10)19-5-3-18(4-6-19)9-13(20)21-2/h7H,3-6,9H2,1-2H3. The number of carbonyl (C=O) groups excluding carboxylic acids is 1. The van der Waals surface area contributed by atoms with Gasteiger partial charge in [-0.15, -0.1) is 0 Å². The third-order valence-electron chi connectivity index (χ3n) is 3.52. The number of methoxy groups -OCH3 is 1. The smallest absolute Gasteiger partial charge is 0.319 e. The van der Waals surface area contributed by atoms with Crippen LogP contribution in [-0.4, -0.2) is 55.7 Å². The Labute approximate surface area is 128 Å². The van der Waals surface area contributed by atoms with Crippen LogP contribution in [0.4, 0.5) is 5.82 Å². The van der Waals surface area contributed by atoms with Crippen molar-refractivity contribution in [2.24, 2.45) is 0 Å². The third-order valence-corrected chi connectivity index (χ3v) is 3.80. The highest BCUT2D eigenvalue weighted by Gasteiger charge is 2.22. The molecule has 0 atom stereocenters. The van der Waals surface area contributed by atoms with E-state index in [1.54, 1.807) is 13.0 Å². The first kappa shape index (κ1) is 15.5. The summed E-state index contributed by atoms with van der Waals surface area (Å²) in [4.78, 5) is 19.8. The van der Waals surface area contributed by atoms with Crippen molar-refractivity contribution >= 4 is 23.4 Å². The highest BCUT2D eigenvalue weighted by Crippen LogP contribution is 2.26. The van der Waals surface area contributed by atoms with E-state index in [-0.39, 0.29) is 5.97 Å². The predicted molar refractivity (Wildman–Crippen MR) is 79.4 cm³/mol. The molecule has 1 saturated heterocycles. The van der Waals surface area contributed by atoms with Gasteiger partial charge < -0.3 is 9.64 Å². The number of ether oxygens (including phenoxy) is 1. The molecule has 0 aromatic carbocycles. The molecule has 2 heterocycles. The van der Waals surface area contributed by atoms with Crippen LogP contribution >= 0.6 is 11.6 Å². The van der Waals surface area contributed by atoms with E-state index in [0.717, 1.165) is 26.2 Å². The van der Waals surface area contributed by atoms with Gasteiger partial charge in [0.15, 0.2) is 0 Å². The van der Waals surface area contributed by atoms with Crippen LogP contribution in [0.25, 0.3) is 0 Å². The minimum atomic E-state index is -0.228. The molecular weight excluding hydrogens is 292 g/mol.